The molecule has 1 amide bonds. The molecule has 6 nitrogen and oxygen atoms in total. The minimum atomic E-state index is -0.751. The number of carbonyl (C=O) groups excluding carboxylic acids is 3. The highest BCUT2D eigenvalue weighted by atomic mass is 16.5. The van der Waals surface area contributed by atoms with Gasteiger partial charge in [-0.3, -0.25) is 19.3 Å². The van der Waals surface area contributed by atoms with Gasteiger partial charge in [-0.25, -0.2) is 0 Å². The predicted octanol–water partition coefficient (Wildman–Crippen LogP) is 3.20. The molecule has 0 N–H and O–H groups in total. The lowest BCUT2D eigenvalue weighted by Gasteiger charge is -2.39. The van der Waals surface area contributed by atoms with Crippen LogP contribution in [0.4, 0.5) is 5.69 Å². The number of nitrogens with zero attached hydrogens (tertiary/aromatic N) is 1. The monoisotopic (exact) mass is 367 g/mol. The Labute approximate surface area is 157 Å². The summed E-state index contributed by atoms with van der Waals surface area (Å²) in [6.45, 7) is 6.98. The number of Topliss-reactive ketones (excluding diaryl/α,β-unsaturated/α-hetero) is 1. The molecular formula is C21H21NO5. The van der Waals surface area contributed by atoms with Crippen molar-refractivity contribution in [3.63, 3.8) is 0 Å². The van der Waals surface area contributed by atoms with Gasteiger partial charge in [0.2, 0.25) is 5.78 Å². The van der Waals surface area contributed by atoms with Gasteiger partial charge in [0.15, 0.2) is 0 Å². The minimum absolute atomic E-state index is 0.379. The quantitative estimate of drug-likeness (QED) is 0.359. The van der Waals surface area contributed by atoms with E-state index in [0.717, 1.165) is 16.7 Å². The summed E-state index contributed by atoms with van der Waals surface area (Å²) in [5.41, 5.74) is 3.90. The molecule has 0 spiro atoms. The normalized spacial score (nSPS) is 16.2. The van der Waals surface area contributed by atoms with E-state index in [-0.39, 0.29) is 0 Å². The lowest BCUT2D eigenvalue weighted by atomic mass is 9.90. The summed E-state index contributed by atoms with van der Waals surface area (Å²) >= 11 is 0. The molecule has 1 aliphatic rings. The number of hydrogen-bond donors (Lipinski definition) is 0. The van der Waals surface area contributed by atoms with Gasteiger partial charge in [-0.05, 0) is 55.2 Å². The van der Waals surface area contributed by atoms with Crippen molar-refractivity contribution < 1.29 is 23.9 Å². The third kappa shape index (κ3) is 3.18. The number of anilines is 1. The average Bonchev–Trinajstić information content (AvgIpc) is 2.62. The van der Waals surface area contributed by atoms with Crippen molar-refractivity contribution >= 4 is 23.3 Å². The maximum atomic E-state index is 12.3. The molecule has 2 aromatic carbocycles. The average molecular weight is 367 g/mol. The first-order valence-electron chi connectivity index (χ1n) is 8.56. The lowest BCUT2D eigenvalue weighted by molar-refractivity contribution is -0.143. The molecule has 0 radical (unpaired) electrons. The van der Waals surface area contributed by atoms with Crippen LogP contribution in [0.2, 0.25) is 0 Å². The number of benzene rings is 2. The predicted molar refractivity (Wildman–Crippen MR) is 100 cm³/mol. The molecule has 1 fully saturated rings. The summed E-state index contributed by atoms with van der Waals surface area (Å²) in [6, 6.07) is 8.03. The van der Waals surface area contributed by atoms with Crippen molar-refractivity contribution in [1.82, 2.24) is 0 Å². The van der Waals surface area contributed by atoms with Crippen LogP contribution in [0.25, 0.3) is 0 Å². The van der Waals surface area contributed by atoms with Crippen LogP contribution < -0.4 is 14.4 Å². The first kappa shape index (κ1) is 18.6. The third-order valence-electron chi connectivity index (χ3n) is 4.82. The van der Waals surface area contributed by atoms with E-state index in [9.17, 15) is 14.4 Å². The highest BCUT2D eigenvalue weighted by Crippen LogP contribution is 2.40. The van der Waals surface area contributed by atoms with Gasteiger partial charge in [0.25, 0.3) is 5.91 Å². The SMILES string of the molecule is COc1cc(N2C(=O)C(=O)C2c2ccc(C)c(OC(C)=O)c2)cc(C)c1C. The Morgan fingerprint density at radius 3 is 2.33 bits per heavy atom. The fourth-order valence-electron chi connectivity index (χ4n) is 3.18. The Morgan fingerprint density at radius 2 is 1.70 bits per heavy atom. The van der Waals surface area contributed by atoms with Crippen LogP contribution in [0.1, 0.15) is 35.2 Å². The number of aryl methyl sites for hydroxylation is 2. The van der Waals surface area contributed by atoms with Crippen molar-refractivity contribution in [3.8, 4) is 11.5 Å². The largest absolute Gasteiger partial charge is 0.496 e. The summed E-state index contributed by atoms with van der Waals surface area (Å²) in [4.78, 5) is 37.4. The zero-order valence-electron chi connectivity index (χ0n) is 16.0. The standard InChI is InChI=1S/C21H21NO5/c1-11-6-7-15(9-17(11)27-14(4)23)19-20(24)21(25)22(19)16-8-12(2)13(3)18(10-16)26-5/h6-10,19H,1-5H3. The zero-order chi connectivity index (χ0) is 19.9. The van der Waals surface area contributed by atoms with Gasteiger partial charge in [-0.1, -0.05) is 12.1 Å². The second kappa shape index (κ2) is 6.87. The Kier molecular flexibility index (Phi) is 4.74. The van der Waals surface area contributed by atoms with Gasteiger partial charge in [0, 0.05) is 18.7 Å². The topological polar surface area (TPSA) is 72.9 Å². The van der Waals surface area contributed by atoms with E-state index in [0.29, 0.717) is 22.7 Å². The minimum Gasteiger partial charge on any atom is -0.496 e. The molecule has 0 aromatic heterocycles. The number of rotatable bonds is 4. The molecule has 0 aliphatic carbocycles. The maximum absolute atomic E-state index is 12.3. The van der Waals surface area contributed by atoms with Gasteiger partial charge in [-0.15, -0.1) is 0 Å². The van der Waals surface area contributed by atoms with E-state index >= 15 is 0 Å². The lowest BCUT2D eigenvalue weighted by Crippen LogP contribution is -2.56. The van der Waals surface area contributed by atoms with Crippen LogP contribution in [-0.2, 0) is 14.4 Å². The second-order valence-corrected chi connectivity index (χ2v) is 6.65. The fraction of sp³-hybridized carbons (Fsp3) is 0.286. The molecule has 2 aromatic rings. The Hall–Kier alpha value is -3.15. The van der Waals surface area contributed by atoms with Crippen LogP contribution in [-0.4, -0.2) is 24.8 Å². The van der Waals surface area contributed by atoms with Crippen molar-refractivity contribution in [2.24, 2.45) is 0 Å². The highest BCUT2D eigenvalue weighted by molar-refractivity contribution is 6.51. The van der Waals surface area contributed by atoms with Crippen molar-refractivity contribution in [2.45, 2.75) is 33.7 Å². The number of β-lactam (4-membered cyclic amide) rings is 1. The Balaban J connectivity index is 2.04. The Morgan fingerprint density at radius 1 is 1.00 bits per heavy atom. The van der Waals surface area contributed by atoms with Gasteiger partial charge in [0.05, 0.1) is 7.11 Å². The van der Waals surface area contributed by atoms with Crippen molar-refractivity contribution in [2.75, 3.05) is 12.0 Å². The molecule has 1 unspecified atom stereocenters. The number of hydrogen-bond acceptors (Lipinski definition) is 5. The van der Waals surface area contributed by atoms with Crippen LogP contribution in [0.15, 0.2) is 30.3 Å². The van der Waals surface area contributed by atoms with Gasteiger partial charge < -0.3 is 9.47 Å². The molecule has 1 saturated heterocycles. The molecule has 27 heavy (non-hydrogen) atoms. The molecule has 6 heteroatoms. The van der Waals surface area contributed by atoms with Crippen LogP contribution in [0, 0.1) is 20.8 Å². The number of carbonyl (C=O) groups is 3. The maximum Gasteiger partial charge on any atom is 0.308 e. The summed E-state index contributed by atoms with van der Waals surface area (Å²) in [7, 11) is 1.57. The van der Waals surface area contributed by atoms with E-state index in [1.54, 1.807) is 31.4 Å². The zero-order valence-corrected chi connectivity index (χ0v) is 16.0. The number of ketones is 1. The Bertz CT molecular complexity index is 963. The van der Waals surface area contributed by atoms with E-state index < -0.39 is 23.7 Å². The van der Waals surface area contributed by atoms with E-state index in [1.165, 1.54) is 11.8 Å². The van der Waals surface area contributed by atoms with Crippen LogP contribution in [0.3, 0.4) is 0 Å². The van der Waals surface area contributed by atoms with Crippen LogP contribution >= 0.6 is 0 Å². The van der Waals surface area contributed by atoms with Crippen molar-refractivity contribution in [3.05, 3.63) is 52.6 Å². The van der Waals surface area contributed by atoms with Crippen molar-refractivity contribution in [1.29, 1.82) is 0 Å². The first-order chi connectivity index (χ1) is 12.7. The summed E-state index contributed by atoms with van der Waals surface area (Å²) in [5, 5.41) is 0. The molecular weight excluding hydrogens is 346 g/mol. The summed E-state index contributed by atoms with van der Waals surface area (Å²) in [6.07, 6.45) is 0. The molecule has 140 valence electrons. The van der Waals surface area contributed by atoms with Gasteiger partial charge in [0.1, 0.15) is 17.5 Å². The third-order valence-corrected chi connectivity index (χ3v) is 4.82. The molecule has 1 atom stereocenters. The van der Waals surface area contributed by atoms with Gasteiger partial charge in [-0.2, -0.15) is 0 Å². The van der Waals surface area contributed by atoms with E-state index in [4.69, 9.17) is 9.47 Å². The number of methoxy groups -OCH3 is 1. The smallest absolute Gasteiger partial charge is 0.308 e. The first-order valence-corrected chi connectivity index (χ1v) is 8.56. The molecule has 1 aliphatic heterocycles. The van der Waals surface area contributed by atoms with E-state index in [2.05, 4.69) is 0 Å². The molecule has 1 heterocycles. The highest BCUT2D eigenvalue weighted by Gasteiger charge is 2.48. The summed E-state index contributed by atoms with van der Waals surface area (Å²) < 4.78 is 10.6. The molecule has 0 bridgehead atoms. The number of ether oxygens (including phenoxy) is 2. The fourth-order valence-corrected chi connectivity index (χ4v) is 3.18. The molecule has 0 saturated carbocycles. The number of amides is 1. The summed E-state index contributed by atoms with van der Waals surface area (Å²) in [5.74, 6) is -0.475. The second-order valence-electron chi connectivity index (χ2n) is 6.65. The van der Waals surface area contributed by atoms with E-state index in [1.807, 2.05) is 26.8 Å². The van der Waals surface area contributed by atoms with Crippen LogP contribution in [0.5, 0.6) is 11.5 Å². The number of esters is 1. The van der Waals surface area contributed by atoms with Gasteiger partial charge >= 0.3 is 5.97 Å². The molecule has 3 rings (SSSR count).